The number of carbonyl (C=O) groups excluding carboxylic acids is 1. The SMILES string of the molecule is CCn1cc(C#N)c(=O)n(CCC(=O)Nc2cc(C)on2)c1=O. The summed E-state index contributed by atoms with van der Waals surface area (Å²) in [4.78, 5) is 36.0. The number of aromatic nitrogens is 3. The first-order chi connectivity index (χ1) is 11.0. The summed E-state index contributed by atoms with van der Waals surface area (Å²) < 4.78 is 6.95. The summed E-state index contributed by atoms with van der Waals surface area (Å²) in [7, 11) is 0. The van der Waals surface area contributed by atoms with Crippen LogP contribution in [0.2, 0.25) is 0 Å². The molecule has 0 fully saturated rings. The van der Waals surface area contributed by atoms with Gasteiger partial charge >= 0.3 is 5.69 Å². The molecular weight excluding hydrogens is 302 g/mol. The summed E-state index contributed by atoms with van der Waals surface area (Å²) >= 11 is 0. The van der Waals surface area contributed by atoms with Crippen molar-refractivity contribution >= 4 is 11.7 Å². The van der Waals surface area contributed by atoms with Gasteiger partial charge in [-0.1, -0.05) is 5.16 Å². The lowest BCUT2D eigenvalue weighted by Crippen LogP contribution is -2.41. The number of hydrogen-bond acceptors (Lipinski definition) is 6. The molecule has 0 unspecified atom stereocenters. The molecule has 0 aliphatic heterocycles. The number of nitrogens with one attached hydrogen (secondary N) is 1. The molecule has 9 heteroatoms. The molecule has 2 aromatic rings. The largest absolute Gasteiger partial charge is 0.360 e. The maximum Gasteiger partial charge on any atom is 0.331 e. The molecule has 2 rings (SSSR count). The van der Waals surface area contributed by atoms with E-state index in [9.17, 15) is 14.4 Å². The smallest absolute Gasteiger partial charge is 0.331 e. The minimum absolute atomic E-state index is 0.111. The van der Waals surface area contributed by atoms with Gasteiger partial charge in [0.15, 0.2) is 5.82 Å². The van der Waals surface area contributed by atoms with Crippen molar-refractivity contribution in [3.05, 3.63) is 44.4 Å². The van der Waals surface area contributed by atoms with Crippen LogP contribution in [-0.2, 0) is 17.9 Å². The Bertz CT molecular complexity index is 884. The lowest BCUT2D eigenvalue weighted by Gasteiger charge is -2.09. The van der Waals surface area contributed by atoms with E-state index >= 15 is 0 Å². The molecule has 0 atom stereocenters. The van der Waals surface area contributed by atoms with Crippen LogP contribution in [0, 0.1) is 18.3 Å². The van der Waals surface area contributed by atoms with Crippen LogP contribution in [0.1, 0.15) is 24.7 Å². The molecule has 0 saturated carbocycles. The predicted octanol–water partition coefficient (Wildman–Crippen LogP) is 0.227. The maximum absolute atomic E-state index is 12.1. The number of nitrogens with zero attached hydrogens (tertiary/aromatic N) is 4. The highest BCUT2D eigenvalue weighted by Gasteiger charge is 2.13. The Hall–Kier alpha value is -3.15. The highest BCUT2D eigenvalue weighted by Crippen LogP contribution is 2.07. The third kappa shape index (κ3) is 3.55. The van der Waals surface area contributed by atoms with Crippen LogP contribution < -0.4 is 16.6 Å². The Labute approximate surface area is 130 Å². The van der Waals surface area contributed by atoms with Gasteiger partial charge in [0.25, 0.3) is 5.56 Å². The number of amides is 1. The Morgan fingerprint density at radius 2 is 2.22 bits per heavy atom. The fourth-order valence-corrected chi connectivity index (χ4v) is 2.00. The minimum atomic E-state index is -0.702. The molecule has 1 amide bonds. The lowest BCUT2D eigenvalue weighted by molar-refractivity contribution is -0.116. The molecule has 0 aliphatic rings. The Morgan fingerprint density at radius 3 is 2.78 bits per heavy atom. The summed E-state index contributed by atoms with van der Waals surface area (Å²) in [5.74, 6) is 0.385. The van der Waals surface area contributed by atoms with Crippen molar-refractivity contribution in [1.29, 1.82) is 5.26 Å². The van der Waals surface area contributed by atoms with E-state index in [4.69, 9.17) is 9.78 Å². The van der Waals surface area contributed by atoms with Crippen LogP contribution in [0.3, 0.4) is 0 Å². The molecule has 9 nitrogen and oxygen atoms in total. The van der Waals surface area contributed by atoms with Gasteiger partial charge in [-0.05, 0) is 13.8 Å². The zero-order valence-electron chi connectivity index (χ0n) is 12.7. The Balaban J connectivity index is 2.17. The van der Waals surface area contributed by atoms with Gasteiger partial charge in [0.1, 0.15) is 17.4 Å². The van der Waals surface area contributed by atoms with Crippen molar-refractivity contribution in [1.82, 2.24) is 14.3 Å². The number of nitriles is 1. The van der Waals surface area contributed by atoms with Gasteiger partial charge in [0.2, 0.25) is 5.91 Å². The zero-order chi connectivity index (χ0) is 17.0. The Morgan fingerprint density at radius 1 is 1.48 bits per heavy atom. The van der Waals surface area contributed by atoms with Gasteiger partial charge < -0.3 is 9.84 Å². The third-order valence-electron chi connectivity index (χ3n) is 3.16. The summed E-state index contributed by atoms with van der Waals surface area (Å²) in [6, 6.07) is 3.30. The Kier molecular flexibility index (Phi) is 4.75. The number of hydrogen-bond donors (Lipinski definition) is 1. The van der Waals surface area contributed by atoms with Crippen molar-refractivity contribution < 1.29 is 9.32 Å². The predicted molar refractivity (Wildman–Crippen MR) is 79.8 cm³/mol. The molecule has 2 heterocycles. The molecule has 0 bridgehead atoms. The van der Waals surface area contributed by atoms with Gasteiger partial charge in [-0.3, -0.25) is 18.7 Å². The highest BCUT2D eigenvalue weighted by atomic mass is 16.5. The first-order valence-electron chi connectivity index (χ1n) is 6.93. The van der Waals surface area contributed by atoms with E-state index in [1.54, 1.807) is 26.0 Å². The molecule has 120 valence electrons. The van der Waals surface area contributed by atoms with Gasteiger partial charge in [-0.25, -0.2) is 4.79 Å². The van der Waals surface area contributed by atoms with E-state index in [2.05, 4.69) is 10.5 Å². The van der Waals surface area contributed by atoms with Crippen molar-refractivity contribution in [2.24, 2.45) is 0 Å². The van der Waals surface area contributed by atoms with Gasteiger partial charge in [0, 0.05) is 31.8 Å². The quantitative estimate of drug-likeness (QED) is 0.842. The number of aryl methyl sites for hydroxylation is 2. The van der Waals surface area contributed by atoms with E-state index in [1.807, 2.05) is 0 Å². The minimum Gasteiger partial charge on any atom is -0.360 e. The fraction of sp³-hybridized carbons (Fsp3) is 0.357. The van der Waals surface area contributed by atoms with Crippen molar-refractivity contribution in [3.63, 3.8) is 0 Å². The summed E-state index contributed by atoms with van der Waals surface area (Å²) in [6.07, 6.45) is 1.11. The van der Waals surface area contributed by atoms with Crippen LogP contribution >= 0.6 is 0 Å². The number of rotatable bonds is 5. The molecule has 0 radical (unpaired) electrons. The fourth-order valence-electron chi connectivity index (χ4n) is 2.00. The topological polar surface area (TPSA) is 123 Å². The monoisotopic (exact) mass is 317 g/mol. The van der Waals surface area contributed by atoms with E-state index in [1.165, 1.54) is 10.8 Å². The average molecular weight is 317 g/mol. The number of anilines is 1. The molecule has 2 aromatic heterocycles. The summed E-state index contributed by atoms with van der Waals surface area (Å²) in [5, 5.41) is 15.1. The van der Waals surface area contributed by atoms with Gasteiger partial charge in [0.05, 0.1) is 0 Å². The van der Waals surface area contributed by atoms with Crippen LogP contribution in [0.15, 0.2) is 26.4 Å². The molecular formula is C14H15N5O4. The van der Waals surface area contributed by atoms with Crippen LogP contribution in [0.25, 0.3) is 0 Å². The first-order valence-corrected chi connectivity index (χ1v) is 6.93. The van der Waals surface area contributed by atoms with Crippen molar-refractivity contribution in [2.45, 2.75) is 33.4 Å². The zero-order valence-corrected chi connectivity index (χ0v) is 12.7. The van der Waals surface area contributed by atoms with Crippen molar-refractivity contribution in [3.8, 4) is 6.07 Å². The normalized spacial score (nSPS) is 10.3. The van der Waals surface area contributed by atoms with E-state index in [0.29, 0.717) is 12.3 Å². The maximum atomic E-state index is 12.1. The van der Waals surface area contributed by atoms with Gasteiger partial charge in [-0.15, -0.1) is 0 Å². The number of carbonyl (C=O) groups is 1. The lowest BCUT2D eigenvalue weighted by atomic mass is 10.3. The van der Waals surface area contributed by atoms with Crippen LogP contribution in [0.4, 0.5) is 5.82 Å². The van der Waals surface area contributed by atoms with Gasteiger partial charge in [-0.2, -0.15) is 5.26 Å². The highest BCUT2D eigenvalue weighted by molar-refractivity contribution is 5.89. The van der Waals surface area contributed by atoms with Crippen LogP contribution in [-0.4, -0.2) is 20.2 Å². The average Bonchev–Trinajstić information content (AvgIpc) is 2.92. The second-order valence-electron chi connectivity index (χ2n) is 4.80. The standard InChI is InChI=1S/C14H15N5O4/c1-3-18-8-10(7-15)13(21)19(14(18)22)5-4-12(20)16-11-6-9(2)23-17-11/h6,8H,3-5H2,1-2H3,(H,16,17,20). The molecule has 0 aliphatic carbocycles. The molecule has 23 heavy (non-hydrogen) atoms. The van der Waals surface area contributed by atoms with E-state index in [-0.39, 0.29) is 24.3 Å². The molecule has 0 spiro atoms. The second-order valence-corrected chi connectivity index (χ2v) is 4.80. The third-order valence-corrected chi connectivity index (χ3v) is 3.16. The summed E-state index contributed by atoms with van der Waals surface area (Å²) in [6.45, 7) is 3.59. The van der Waals surface area contributed by atoms with Crippen molar-refractivity contribution in [2.75, 3.05) is 5.32 Å². The molecule has 0 aromatic carbocycles. The van der Waals surface area contributed by atoms with Crippen LogP contribution in [0.5, 0.6) is 0 Å². The first kappa shape index (κ1) is 16.2. The molecule has 1 N–H and O–H groups in total. The van der Waals surface area contributed by atoms with E-state index < -0.39 is 17.2 Å². The van der Waals surface area contributed by atoms with E-state index in [0.717, 1.165) is 4.57 Å². The summed E-state index contributed by atoms with van der Waals surface area (Å²) in [5.41, 5.74) is -1.40. The second kappa shape index (κ2) is 6.74. The molecule has 0 saturated heterocycles.